The average molecular weight is 411 g/mol. The Morgan fingerprint density at radius 2 is 1.77 bits per heavy atom. The van der Waals surface area contributed by atoms with Crippen molar-refractivity contribution >= 4 is 17.7 Å². The van der Waals surface area contributed by atoms with Gasteiger partial charge in [0, 0.05) is 37.8 Å². The van der Waals surface area contributed by atoms with Crippen molar-refractivity contribution in [2.45, 2.75) is 13.8 Å². The fourth-order valence-corrected chi connectivity index (χ4v) is 3.61. The van der Waals surface area contributed by atoms with Gasteiger partial charge < -0.3 is 14.5 Å². The minimum absolute atomic E-state index is 0.0919. The third kappa shape index (κ3) is 4.28. The predicted octanol–water partition coefficient (Wildman–Crippen LogP) is 4.03. The van der Waals surface area contributed by atoms with E-state index in [-0.39, 0.29) is 17.2 Å². The van der Waals surface area contributed by atoms with Gasteiger partial charge in [-0.2, -0.15) is 5.26 Å². The number of hydrogen-bond donors (Lipinski definition) is 0. The molecule has 0 aromatic heterocycles. The van der Waals surface area contributed by atoms with Crippen LogP contribution in [0.2, 0.25) is 0 Å². The van der Waals surface area contributed by atoms with Crippen LogP contribution in [0.3, 0.4) is 0 Å². The number of amides is 1. The van der Waals surface area contributed by atoms with Crippen LogP contribution < -0.4 is 4.90 Å². The minimum atomic E-state index is -0.751. The molecule has 1 aliphatic rings. The maximum absolute atomic E-state index is 14.3. The number of aryl methyl sites for hydroxylation is 2. The highest BCUT2D eigenvalue weighted by molar-refractivity contribution is 5.96. The zero-order valence-corrected chi connectivity index (χ0v) is 17.2. The standard InChI is InChI=1S/C23H23F2N3O2/c1-15-10-16(2)19(11-17(15)4-9-30-3)23(29)28-7-5-27(6-8-28)22-13-20(24)18(14-26)12-21(22)25/h4,9-13H,5-8H2,1-3H3/b9-4+. The van der Waals surface area contributed by atoms with Gasteiger partial charge in [-0.25, -0.2) is 8.78 Å². The lowest BCUT2D eigenvalue weighted by molar-refractivity contribution is 0.0746. The highest BCUT2D eigenvalue weighted by Crippen LogP contribution is 2.25. The lowest BCUT2D eigenvalue weighted by atomic mass is 9.98. The molecule has 0 saturated carbocycles. The topological polar surface area (TPSA) is 56.6 Å². The number of anilines is 1. The molecule has 2 aromatic rings. The first-order chi connectivity index (χ1) is 14.3. The lowest BCUT2D eigenvalue weighted by Crippen LogP contribution is -2.49. The molecule has 0 radical (unpaired) electrons. The molecule has 7 heteroatoms. The van der Waals surface area contributed by atoms with Crippen LogP contribution in [0, 0.1) is 36.8 Å². The van der Waals surface area contributed by atoms with E-state index < -0.39 is 11.6 Å². The molecule has 30 heavy (non-hydrogen) atoms. The van der Waals surface area contributed by atoms with Crippen molar-refractivity contribution in [2.75, 3.05) is 38.2 Å². The van der Waals surface area contributed by atoms with Crippen LogP contribution in [0.15, 0.2) is 30.5 Å². The van der Waals surface area contributed by atoms with E-state index in [0.717, 1.165) is 28.8 Å². The molecule has 2 aromatic carbocycles. The SMILES string of the molecule is CO/C=C/c1cc(C(=O)N2CCN(c3cc(F)c(C#N)cc3F)CC2)c(C)cc1C. The van der Waals surface area contributed by atoms with Gasteiger partial charge in [-0.1, -0.05) is 6.07 Å². The zero-order chi connectivity index (χ0) is 21.8. The van der Waals surface area contributed by atoms with Gasteiger partial charge >= 0.3 is 0 Å². The van der Waals surface area contributed by atoms with Crippen LogP contribution in [-0.4, -0.2) is 44.1 Å². The second-order valence-electron chi connectivity index (χ2n) is 7.24. The quantitative estimate of drug-likeness (QED) is 0.713. The van der Waals surface area contributed by atoms with Crippen molar-refractivity contribution in [1.29, 1.82) is 5.26 Å². The molecule has 3 rings (SSSR count). The van der Waals surface area contributed by atoms with Gasteiger partial charge in [-0.15, -0.1) is 0 Å². The largest absolute Gasteiger partial charge is 0.504 e. The second-order valence-corrected chi connectivity index (χ2v) is 7.24. The van der Waals surface area contributed by atoms with Gasteiger partial charge in [-0.05, 0) is 48.7 Å². The fraction of sp³-hybridized carbons (Fsp3) is 0.304. The van der Waals surface area contributed by atoms with E-state index in [1.54, 1.807) is 29.2 Å². The summed E-state index contributed by atoms with van der Waals surface area (Å²) in [6, 6.07) is 7.41. The van der Waals surface area contributed by atoms with E-state index in [1.165, 1.54) is 0 Å². The Labute approximate surface area is 174 Å². The molecule has 156 valence electrons. The van der Waals surface area contributed by atoms with E-state index in [1.807, 2.05) is 32.1 Å². The Balaban J connectivity index is 1.76. The molecule has 0 atom stereocenters. The van der Waals surface area contributed by atoms with Crippen molar-refractivity contribution in [3.8, 4) is 6.07 Å². The van der Waals surface area contributed by atoms with Crippen LogP contribution in [0.4, 0.5) is 14.5 Å². The van der Waals surface area contributed by atoms with Crippen molar-refractivity contribution in [1.82, 2.24) is 4.90 Å². The number of piperazine rings is 1. The van der Waals surface area contributed by atoms with E-state index in [2.05, 4.69) is 0 Å². The predicted molar refractivity (Wildman–Crippen MR) is 111 cm³/mol. The third-order valence-electron chi connectivity index (χ3n) is 5.29. The number of carbonyl (C=O) groups is 1. The van der Waals surface area contributed by atoms with Crippen molar-refractivity contribution in [2.24, 2.45) is 0 Å². The maximum Gasteiger partial charge on any atom is 0.254 e. The van der Waals surface area contributed by atoms with Gasteiger partial charge in [-0.3, -0.25) is 4.79 Å². The summed E-state index contributed by atoms with van der Waals surface area (Å²) in [5.74, 6) is -1.48. The monoisotopic (exact) mass is 411 g/mol. The molecule has 1 aliphatic heterocycles. The number of rotatable bonds is 4. The molecule has 1 amide bonds. The van der Waals surface area contributed by atoms with Gasteiger partial charge in [0.1, 0.15) is 17.7 Å². The molecule has 0 spiro atoms. The number of carbonyl (C=O) groups excluding carboxylic acids is 1. The Morgan fingerprint density at radius 3 is 2.40 bits per heavy atom. The molecular formula is C23H23F2N3O2. The summed E-state index contributed by atoms with van der Waals surface area (Å²) in [4.78, 5) is 16.5. The summed E-state index contributed by atoms with van der Waals surface area (Å²) in [7, 11) is 1.56. The van der Waals surface area contributed by atoms with Crippen LogP contribution >= 0.6 is 0 Å². The van der Waals surface area contributed by atoms with Crippen LogP contribution in [0.25, 0.3) is 6.08 Å². The van der Waals surface area contributed by atoms with Gasteiger partial charge in [0.15, 0.2) is 0 Å². The molecule has 0 N–H and O–H groups in total. The molecule has 0 aliphatic carbocycles. The first-order valence-corrected chi connectivity index (χ1v) is 9.59. The average Bonchev–Trinajstić information content (AvgIpc) is 2.74. The van der Waals surface area contributed by atoms with E-state index >= 15 is 0 Å². The van der Waals surface area contributed by atoms with E-state index in [4.69, 9.17) is 10.00 Å². The van der Waals surface area contributed by atoms with Gasteiger partial charge in [0.25, 0.3) is 5.91 Å². The zero-order valence-electron chi connectivity index (χ0n) is 17.2. The summed E-state index contributed by atoms with van der Waals surface area (Å²) in [5, 5.41) is 8.83. The van der Waals surface area contributed by atoms with Gasteiger partial charge in [0.05, 0.1) is 24.6 Å². The number of ether oxygens (including phenoxy) is 1. The Morgan fingerprint density at radius 1 is 1.07 bits per heavy atom. The summed E-state index contributed by atoms with van der Waals surface area (Å²) >= 11 is 0. The normalized spacial score (nSPS) is 14.1. The number of hydrogen-bond acceptors (Lipinski definition) is 4. The van der Waals surface area contributed by atoms with Gasteiger partial charge in [0.2, 0.25) is 0 Å². The highest BCUT2D eigenvalue weighted by atomic mass is 19.1. The molecule has 1 heterocycles. The maximum atomic E-state index is 14.3. The molecular weight excluding hydrogens is 388 g/mol. The Hall–Kier alpha value is -3.40. The number of nitriles is 1. The second kappa shape index (κ2) is 8.95. The smallest absolute Gasteiger partial charge is 0.254 e. The Kier molecular flexibility index (Phi) is 6.36. The van der Waals surface area contributed by atoms with Crippen molar-refractivity contribution in [3.05, 3.63) is 70.0 Å². The third-order valence-corrected chi connectivity index (χ3v) is 5.29. The van der Waals surface area contributed by atoms with Crippen LogP contribution in [0.5, 0.6) is 0 Å². The molecule has 1 saturated heterocycles. The molecule has 1 fully saturated rings. The summed E-state index contributed by atoms with van der Waals surface area (Å²) in [6.07, 6.45) is 3.38. The van der Waals surface area contributed by atoms with Crippen molar-refractivity contribution in [3.63, 3.8) is 0 Å². The van der Waals surface area contributed by atoms with E-state index in [0.29, 0.717) is 31.7 Å². The number of halogens is 2. The molecule has 5 nitrogen and oxygen atoms in total. The minimum Gasteiger partial charge on any atom is -0.504 e. The summed E-state index contributed by atoms with van der Waals surface area (Å²) < 4.78 is 33.2. The lowest BCUT2D eigenvalue weighted by Gasteiger charge is -2.36. The van der Waals surface area contributed by atoms with E-state index in [9.17, 15) is 13.6 Å². The fourth-order valence-electron chi connectivity index (χ4n) is 3.61. The molecule has 0 unspecified atom stereocenters. The van der Waals surface area contributed by atoms with Crippen molar-refractivity contribution < 1.29 is 18.3 Å². The first kappa shape index (κ1) is 21.3. The number of methoxy groups -OCH3 is 1. The Bertz CT molecular complexity index is 1040. The van der Waals surface area contributed by atoms with Crippen LogP contribution in [-0.2, 0) is 4.74 Å². The highest BCUT2D eigenvalue weighted by Gasteiger charge is 2.25. The number of nitrogens with zero attached hydrogens (tertiary/aromatic N) is 3. The number of benzene rings is 2. The van der Waals surface area contributed by atoms with Crippen LogP contribution in [0.1, 0.15) is 32.6 Å². The summed E-state index contributed by atoms with van der Waals surface area (Å²) in [5.41, 5.74) is 3.23. The molecule has 0 bridgehead atoms. The first-order valence-electron chi connectivity index (χ1n) is 9.59. The summed E-state index contributed by atoms with van der Waals surface area (Å²) in [6.45, 7) is 5.38.